The van der Waals surface area contributed by atoms with E-state index in [0.29, 0.717) is 0 Å². The molecule has 0 saturated heterocycles. The number of aryl methyl sites for hydroxylation is 1. The van der Waals surface area contributed by atoms with E-state index >= 15 is 0 Å². The molecular weight excluding hydrogens is 164 g/mol. The van der Waals surface area contributed by atoms with Gasteiger partial charge in [0.15, 0.2) is 0 Å². The van der Waals surface area contributed by atoms with E-state index in [-0.39, 0.29) is 5.92 Å². The molecule has 13 heavy (non-hydrogen) atoms. The highest BCUT2D eigenvalue weighted by Gasteiger charge is 2.09. The van der Waals surface area contributed by atoms with Gasteiger partial charge in [-0.05, 0) is 18.6 Å². The van der Waals surface area contributed by atoms with E-state index in [1.807, 2.05) is 32.0 Å². The molecule has 0 bridgehead atoms. The van der Waals surface area contributed by atoms with Crippen LogP contribution in [0.4, 0.5) is 0 Å². The second kappa shape index (κ2) is 4.08. The summed E-state index contributed by atoms with van der Waals surface area (Å²) in [7, 11) is 1.62. The Labute approximate surface area is 78.5 Å². The topological polar surface area (TPSA) is 26.3 Å². The maximum Gasteiger partial charge on any atom is 0.127 e. The fourth-order valence-corrected chi connectivity index (χ4v) is 1.27. The van der Waals surface area contributed by atoms with Gasteiger partial charge in [-0.25, -0.2) is 0 Å². The molecule has 0 radical (unpaired) electrons. The number of carbonyl (C=O) groups is 1. The van der Waals surface area contributed by atoms with Crippen molar-refractivity contribution in [3.05, 3.63) is 29.3 Å². The molecule has 0 aromatic heterocycles. The SMILES string of the molecule is COc1cc(C)ccc1C(C)C=O. The van der Waals surface area contributed by atoms with Crippen molar-refractivity contribution >= 4 is 6.29 Å². The summed E-state index contributed by atoms with van der Waals surface area (Å²) in [6.07, 6.45) is 0.924. The molecule has 1 rings (SSSR count). The Bertz CT molecular complexity index is 305. The van der Waals surface area contributed by atoms with Crippen LogP contribution in [0.3, 0.4) is 0 Å². The van der Waals surface area contributed by atoms with Crippen molar-refractivity contribution in [1.29, 1.82) is 0 Å². The van der Waals surface area contributed by atoms with E-state index in [1.54, 1.807) is 7.11 Å². The highest BCUT2D eigenvalue weighted by Crippen LogP contribution is 2.26. The van der Waals surface area contributed by atoms with Crippen LogP contribution in [0.15, 0.2) is 18.2 Å². The highest BCUT2D eigenvalue weighted by atomic mass is 16.5. The molecule has 70 valence electrons. The van der Waals surface area contributed by atoms with Crippen molar-refractivity contribution in [3.63, 3.8) is 0 Å². The van der Waals surface area contributed by atoms with Crippen LogP contribution in [0.25, 0.3) is 0 Å². The van der Waals surface area contributed by atoms with E-state index in [0.717, 1.165) is 23.2 Å². The summed E-state index contributed by atoms with van der Waals surface area (Å²) in [6, 6.07) is 5.86. The van der Waals surface area contributed by atoms with Crippen molar-refractivity contribution < 1.29 is 9.53 Å². The van der Waals surface area contributed by atoms with Crippen molar-refractivity contribution in [2.75, 3.05) is 7.11 Å². The van der Waals surface area contributed by atoms with Crippen LogP contribution in [0, 0.1) is 6.92 Å². The van der Waals surface area contributed by atoms with Gasteiger partial charge in [-0.15, -0.1) is 0 Å². The van der Waals surface area contributed by atoms with Crippen molar-refractivity contribution in [3.8, 4) is 5.75 Å². The summed E-state index contributed by atoms with van der Waals surface area (Å²) in [5.74, 6) is 0.690. The number of benzene rings is 1. The first kappa shape index (κ1) is 9.78. The Morgan fingerprint density at radius 2 is 2.15 bits per heavy atom. The van der Waals surface area contributed by atoms with Gasteiger partial charge >= 0.3 is 0 Å². The van der Waals surface area contributed by atoms with Gasteiger partial charge in [0.1, 0.15) is 12.0 Å². The van der Waals surface area contributed by atoms with Crippen molar-refractivity contribution in [1.82, 2.24) is 0 Å². The first-order valence-corrected chi connectivity index (χ1v) is 4.29. The van der Waals surface area contributed by atoms with Crippen LogP contribution < -0.4 is 4.74 Å². The summed E-state index contributed by atoms with van der Waals surface area (Å²) >= 11 is 0. The van der Waals surface area contributed by atoms with Gasteiger partial charge < -0.3 is 9.53 Å². The van der Waals surface area contributed by atoms with Gasteiger partial charge in [-0.3, -0.25) is 0 Å². The lowest BCUT2D eigenvalue weighted by Crippen LogP contribution is -1.98. The van der Waals surface area contributed by atoms with E-state index in [1.165, 1.54) is 0 Å². The number of rotatable bonds is 3. The normalized spacial score (nSPS) is 12.2. The zero-order valence-corrected chi connectivity index (χ0v) is 8.20. The fraction of sp³-hybridized carbons (Fsp3) is 0.364. The molecule has 1 aromatic rings. The molecule has 0 spiro atoms. The molecule has 0 heterocycles. The molecule has 0 aliphatic carbocycles. The number of hydrogen-bond donors (Lipinski definition) is 0. The summed E-state index contributed by atoms with van der Waals surface area (Å²) in [6.45, 7) is 3.86. The van der Waals surface area contributed by atoms with E-state index in [2.05, 4.69) is 0 Å². The molecule has 0 aliphatic rings. The number of carbonyl (C=O) groups excluding carboxylic acids is 1. The minimum atomic E-state index is -0.101. The van der Waals surface area contributed by atoms with Crippen LogP contribution in [0.2, 0.25) is 0 Å². The molecule has 1 atom stereocenters. The second-order valence-electron chi connectivity index (χ2n) is 3.17. The summed E-state index contributed by atoms with van der Waals surface area (Å²) in [5, 5.41) is 0. The molecule has 0 N–H and O–H groups in total. The number of aldehydes is 1. The quantitative estimate of drug-likeness (QED) is 0.664. The molecule has 0 saturated carbocycles. The Hall–Kier alpha value is -1.31. The Balaban J connectivity index is 3.12. The number of ether oxygens (including phenoxy) is 1. The molecular formula is C11H14O2. The molecule has 1 aromatic carbocycles. The first-order chi connectivity index (χ1) is 6.19. The lowest BCUT2D eigenvalue weighted by atomic mass is 10.0. The molecule has 0 amide bonds. The third-order valence-corrected chi connectivity index (χ3v) is 2.08. The third-order valence-electron chi connectivity index (χ3n) is 2.08. The van der Waals surface area contributed by atoms with Crippen LogP contribution in [-0.4, -0.2) is 13.4 Å². The predicted octanol–water partition coefficient (Wildman–Crippen LogP) is 2.31. The second-order valence-corrected chi connectivity index (χ2v) is 3.17. The van der Waals surface area contributed by atoms with Gasteiger partial charge in [0.05, 0.1) is 7.11 Å². The van der Waals surface area contributed by atoms with Crippen molar-refractivity contribution in [2.24, 2.45) is 0 Å². The summed E-state index contributed by atoms with van der Waals surface area (Å²) in [4.78, 5) is 10.6. The van der Waals surface area contributed by atoms with Gasteiger partial charge in [-0.1, -0.05) is 19.1 Å². The lowest BCUT2D eigenvalue weighted by molar-refractivity contribution is -0.108. The Morgan fingerprint density at radius 3 is 2.69 bits per heavy atom. The Kier molecular flexibility index (Phi) is 3.07. The monoisotopic (exact) mass is 178 g/mol. The largest absolute Gasteiger partial charge is 0.496 e. The Morgan fingerprint density at radius 1 is 1.46 bits per heavy atom. The minimum Gasteiger partial charge on any atom is -0.496 e. The van der Waals surface area contributed by atoms with Gasteiger partial charge in [0.25, 0.3) is 0 Å². The van der Waals surface area contributed by atoms with Crippen LogP contribution in [0.1, 0.15) is 24.0 Å². The minimum absolute atomic E-state index is 0.101. The van der Waals surface area contributed by atoms with E-state index in [4.69, 9.17) is 4.74 Å². The average molecular weight is 178 g/mol. The predicted molar refractivity (Wildman–Crippen MR) is 52.2 cm³/mol. The van der Waals surface area contributed by atoms with Crippen LogP contribution in [0.5, 0.6) is 5.75 Å². The van der Waals surface area contributed by atoms with Crippen molar-refractivity contribution in [2.45, 2.75) is 19.8 Å². The maximum absolute atomic E-state index is 10.6. The summed E-state index contributed by atoms with van der Waals surface area (Å²) in [5.41, 5.74) is 2.08. The summed E-state index contributed by atoms with van der Waals surface area (Å²) < 4.78 is 5.19. The van der Waals surface area contributed by atoms with Crippen LogP contribution >= 0.6 is 0 Å². The van der Waals surface area contributed by atoms with E-state index in [9.17, 15) is 4.79 Å². The first-order valence-electron chi connectivity index (χ1n) is 4.29. The molecule has 0 aliphatic heterocycles. The smallest absolute Gasteiger partial charge is 0.127 e. The molecule has 0 fully saturated rings. The standard InChI is InChI=1S/C11H14O2/c1-8-4-5-10(9(2)7-12)11(6-8)13-3/h4-7,9H,1-3H3. The average Bonchev–Trinajstić information content (AvgIpc) is 2.16. The molecule has 1 unspecified atom stereocenters. The number of hydrogen-bond acceptors (Lipinski definition) is 2. The number of methoxy groups -OCH3 is 1. The molecule has 2 heteroatoms. The van der Waals surface area contributed by atoms with E-state index < -0.39 is 0 Å². The fourth-order valence-electron chi connectivity index (χ4n) is 1.27. The maximum atomic E-state index is 10.6. The third kappa shape index (κ3) is 2.08. The van der Waals surface area contributed by atoms with Gasteiger partial charge in [-0.2, -0.15) is 0 Å². The van der Waals surface area contributed by atoms with Gasteiger partial charge in [0, 0.05) is 11.5 Å². The zero-order valence-electron chi connectivity index (χ0n) is 8.20. The van der Waals surface area contributed by atoms with Gasteiger partial charge in [0.2, 0.25) is 0 Å². The van der Waals surface area contributed by atoms with Crippen LogP contribution in [-0.2, 0) is 4.79 Å². The lowest BCUT2D eigenvalue weighted by Gasteiger charge is -2.10. The molecule has 2 nitrogen and oxygen atoms in total. The highest BCUT2D eigenvalue weighted by molar-refractivity contribution is 5.63. The zero-order chi connectivity index (χ0) is 9.84.